The lowest BCUT2D eigenvalue weighted by Gasteiger charge is -2.26. The number of rotatable bonds is 6. The summed E-state index contributed by atoms with van der Waals surface area (Å²) in [6.07, 6.45) is 0. The number of aromatic nitrogens is 2. The van der Waals surface area contributed by atoms with Crippen molar-refractivity contribution in [2.75, 3.05) is 40.0 Å². The summed E-state index contributed by atoms with van der Waals surface area (Å²) in [7, 11) is -2.22. The molecule has 0 amide bonds. The van der Waals surface area contributed by atoms with Gasteiger partial charge in [-0.15, -0.1) is 0 Å². The number of hydrogen-bond donors (Lipinski definition) is 0. The number of methoxy groups -OCH3 is 1. The Bertz CT molecular complexity index is 1360. The molecule has 184 valence electrons. The first-order chi connectivity index (χ1) is 16.9. The normalized spacial score (nSPS) is 16.9. The van der Waals surface area contributed by atoms with Gasteiger partial charge in [-0.25, -0.2) is 17.9 Å². The zero-order valence-electron chi connectivity index (χ0n) is 19.7. The van der Waals surface area contributed by atoms with Crippen LogP contribution in [0, 0.1) is 0 Å². The molecule has 1 aromatic heterocycles. The zero-order valence-corrected chi connectivity index (χ0v) is 20.5. The summed E-state index contributed by atoms with van der Waals surface area (Å²) < 4.78 is 43.8. The van der Waals surface area contributed by atoms with Gasteiger partial charge in [-0.2, -0.15) is 5.10 Å². The Morgan fingerprint density at radius 2 is 1.86 bits per heavy atom. The van der Waals surface area contributed by atoms with Gasteiger partial charge in [-0.3, -0.25) is 4.90 Å². The van der Waals surface area contributed by atoms with E-state index in [0.717, 1.165) is 44.1 Å². The number of nitrogens with zero attached hydrogens (tertiary/aromatic N) is 3. The Hall–Kier alpha value is -3.21. The molecule has 0 saturated carbocycles. The van der Waals surface area contributed by atoms with Gasteiger partial charge in [0, 0.05) is 30.8 Å². The number of sulfone groups is 1. The number of ether oxygens (including phenoxy) is 3. The van der Waals surface area contributed by atoms with Crippen molar-refractivity contribution in [2.24, 2.45) is 0 Å². The largest absolute Gasteiger partial charge is 0.497 e. The van der Waals surface area contributed by atoms with Crippen LogP contribution in [0.1, 0.15) is 28.5 Å². The molecule has 0 radical (unpaired) electrons. The van der Waals surface area contributed by atoms with Crippen LogP contribution in [-0.2, 0) is 31.6 Å². The molecule has 3 heterocycles. The molecule has 35 heavy (non-hydrogen) atoms. The van der Waals surface area contributed by atoms with Crippen LogP contribution in [-0.4, -0.2) is 69.1 Å². The van der Waals surface area contributed by atoms with E-state index in [9.17, 15) is 13.2 Å². The predicted molar refractivity (Wildman–Crippen MR) is 128 cm³/mol. The molecule has 2 aliphatic heterocycles. The summed E-state index contributed by atoms with van der Waals surface area (Å²) in [5.74, 6) is -0.537. The third-order valence-corrected chi connectivity index (χ3v) is 7.93. The maximum absolute atomic E-state index is 13.2. The monoisotopic (exact) mass is 497 g/mol. The van der Waals surface area contributed by atoms with Crippen molar-refractivity contribution in [3.8, 4) is 22.7 Å². The highest BCUT2D eigenvalue weighted by molar-refractivity contribution is 7.90. The van der Waals surface area contributed by atoms with Gasteiger partial charge in [-0.05, 0) is 42.8 Å². The maximum atomic E-state index is 13.2. The molecule has 3 aromatic rings. The van der Waals surface area contributed by atoms with E-state index in [4.69, 9.17) is 14.2 Å². The van der Waals surface area contributed by atoms with Gasteiger partial charge in [0.05, 0.1) is 49.0 Å². The minimum Gasteiger partial charge on any atom is -0.497 e. The van der Waals surface area contributed by atoms with Crippen molar-refractivity contribution in [1.82, 2.24) is 14.7 Å². The molecule has 9 nitrogen and oxygen atoms in total. The van der Waals surface area contributed by atoms with Crippen LogP contribution < -0.4 is 4.74 Å². The molecule has 10 heteroatoms. The van der Waals surface area contributed by atoms with E-state index in [2.05, 4.69) is 10.00 Å². The molecule has 1 saturated heterocycles. The number of morpholine rings is 1. The Morgan fingerprint density at radius 3 is 2.54 bits per heavy atom. The summed E-state index contributed by atoms with van der Waals surface area (Å²) in [6.45, 7) is 5.94. The molecule has 2 aromatic carbocycles. The predicted octanol–water partition coefficient (Wildman–Crippen LogP) is 2.84. The van der Waals surface area contributed by atoms with Gasteiger partial charge in [0.1, 0.15) is 5.75 Å². The molecule has 0 atom stereocenters. The number of benzene rings is 2. The van der Waals surface area contributed by atoms with Crippen LogP contribution in [0.4, 0.5) is 0 Å². The van der Waals surface area contributed by atoms with Crippen LogP contribution in [0.25, 0.3) is 16.9 Å². The summed E-state index contributed by atoms with van der Waals surface area (Å²) >= 11 is 0. The van der Waals surface area contributed by atoms with Crippen molar-refractivity contribution in [3.63, 3.8) is 0 Å². The fourth-order valence-electron chi connectivity index (χ4n) is 4.52. The second kappa shape index (κ2) is 9.44. The SMILES string of the molecule is CCOC(=O)c1nn(-c2ccc(CN3CCOCC3)cc2)c2c1CS(=O)(=O)c1cc(OC)ccc1-2. The van der Waals surface area contributed by atoms with E-state index in [0.29, 0.717) is 22.6 Å². The number of fused-ring (bicyclic) bond motifs is 3. The zero-order chi connectivity index (χ0) is 24.6. The average Bonchev–Trinajstić information content (AvgIpc) is 3.23. The number of esters is 1. The lowest BCUT2D eigenvalue weighted by molar-refractivity contribution is 0.0342. The molecule has 0 bridgehead atoms. The first-order valence-electron chi connectivity index (χ1n) is 11.5. The van der Waals surface area contributed by atoms with Crippen LogP contribution in [0.15, 0.2) is 47.4 Å². The van der Waals surface area contributed by atoms with Crippen LogP contribution in [0.5, 0.6) is 5.75 Å². The summed E-state index contributed by atoms with van der Waals surface area (Å²) in [5.41, 5.74) is 3.29. The van der Waals surface area contributed by atoms with Crippen molar-refractivity contribution < 1.29 is 27.4 Å². The average molecular weight is 498 g/mol. The van der Waals surface area contributed by atoms with Crippen molar-refractivity contribution in [3.05, 3.63) is 59.3 Å². The van der Waals surface area contributed by atoms with Crippen molar-refractivity contribution in [1.29, 1.82) is 0 Å². The topological polar surface area (TPSA) is 100.0 Å². The van der Waals surface area contributed by atoms with Crippen molar-refractivity contribution >= 4 is 15.8 Å². The summed E-state index contributed by atoms with van der Waals surface area (Å²) in [5, 5.41) is 4.55. The quantitative estimate of drug-likeness (QED) is 0.480. The number of hydrogen-bond acceptors (Lipinski definition) is 8. The van der Waals surface area contributed by atoms with Gasteiger partial charge in [0.2, 0.25) is 0 Å². The fraction of sp³-hybridized carbons (Fsp3) is 0.360. The van der Waals surface area contributed by atoms with Gasteiger partial charge in [0.25, 0.3) is 0 Å². The third kappa shape index (κ3) is 4.44. The third-order valence-electron chi connectivity index (χ3n) is 6.26. The molecular formula is C25H27N3O6S. The van der Waals surface area contributed by atoms with E-state index < -0.39 is 15.8 Å². The fourth-order valence-corrected chi connectivity index (χ4v) is 6.13. The molecule has 0 spiro atoms. The van der Waals surface area contributed by atoms with Crippen LogP contribution in [0.3, 0.4) is 0 Å². The molecule has 0 unspecified atom stereocenters. The smallest absolute Gasteiger partial charge is 0.359 e. The second-order valence-corrected chi connectivity index (χ2v) is 10.4. The van der Waals surface area contributed by atoms with E-state index in [1.54, 1.807) is 23.7 Å². The number of carbonyl (C=O) groups is 1. The van der Waals surface area contributed by atoms with Gasteiger partial charge < -0.3 is 14.2 Å². The Morgan fingerprint density at radius 1 is 1.11 bits per heavy atom. The summed E-state index contributed by atoms with van der Waals surface area (Å²) in [6, 6.07) is 12.8. The minimum absolute atomic E-state index is 0.0179. The van der Waals surface area contributed by atoms with E-state index in [-0.39, 0.29) is 22.9 Å². The lowest BCUT2D eigenvalue weighted by atomic mass is 10.0. The highest BCUT2D eigenvalue weighted by atomic mass is 32.2. The van der Waals surface area contributed by atoms with Gasteiger partial charge in [0.15, 0.2) is 15.5 Å². The van der Waals surface area contributed by atoms with Crippen LogP contribution >= 0.6 is 0 Å². The molecule has 5 rings (SSSR count). The highest BCUT2D eigenvalue weighted by Crippen LogP contribution is 2.42. The standard InChI is InChI=1S/C25H27N3O6S/c1-3-34-25(29)23-21-16-35(30,31)22-14-19(32-2)8-9-20(22)24(21)28(26-23)18-6-4-17(5-7-18)15-27-10-12-33-13-11-27/h4-9,14H,3,10-13,15-16H2,1-2H3. The second-order valence-electron chi connectivity index (χ2n) is 8.48. The maximum Gasteiger partial charge on any atom is 0.359 e. The highest BCUT2D eigenvalue weighted by Gasteiger charge is 2.37. The first-order valence-corrected chi connectivity index (χ1v) is 13.2. The molecule has 0 aliphatic carbocycles. The summed E-state index contributed by atoms with van der Waals surface area (Å²) in [4.78, 5) is 15.2. The molecule has 1 fully saturated rings. The van der Waals surface area contributed by atoms with E-state index in [1.807, 2.05) is 24.3 Å². The Kier molecular flexibility index (Phi) is 6.35. The van der Waals surface area contributed by atoms with Crippen molar-refractivity contribution in [2.45, 2.75) is 24.1 Å². The lowest BCUT2D eigenvalue weighted by Crippen LogP contribution is -2.35. The Balaban J connectivity index is 1.60. The number of carbonyl (C=O) groups excluding carboxylic acids is 1. The molecule has 2 aliphatic rings. The van der Waals surface area contributed by atoms with E-state index in [1.165, 1.54) is 13.2 Å². The molecular weight excluding hydrogens is 470 g/mol. The van der Waals surface area contributed by atoms with E-state index >= 15 is 0 Å². The minimum atomic E-state index is -3.71. The van der Waals surface area contributed by atoms with Gasteiger partial charge >= 0.3 is 5.97 Å². The Labute approximate surface area is 204 Å². The van der Waals surface area contributed by atoms with Crippen LogP contribution in [0.2, 0.25) is 0 Å². The first kappa shape index (κ1) is 23.5. The van der Waals surface area contributed by atoms with Gasteiger partial charge in [-0.1, -0.05) is 12.1 Å². The molecule has 0 N–H and O–H groups in total.